The number of carbonyl (C=O) groups is 2. The molecular weight excluding hydrogens is 430 g/mol. The number of nitrogens with one attached hydrogen (secondary N) is 2. The quantitative estimate of drug-likeness (QED) is 0.332. The van der Waals surface area contributed by atoms with Crippen LogP contribution in [-0.4, -0.2) is 45.0 Å². The Kier molecular flexibility index (Phi) is 7.67. The number of amides is 1. The molecule has 12 heteroatoms. The maximum absolute atomic E-state index is 12.3. The second kappa shape index (κ2) is 10.00. The van der Waals surface area contributed by atoms with Crippen LogP contribution in [0, 0.1) is 17.0 Å². The van der Waals surface area contributed by atoms with Gasteiger partial charge in [-0.15, -0.1) is 0 Å². The van der Waals surface area contributed by atoms with Crippen molar-refractivity contribution in [2.45, 2.75) is 24.8 Å². The molecule has 0 aliphatic rings. The summed E-state index contributed by atoms with van der Waals surface area (Å²) in [5, 5.41) is 13.3. The number of ether oxygens (including phenoxy) is 2. The van der Waals surface area contributed by atoms with E-state index in [0.29, 0.717) is 0 Å². The van der Waals surface area contributed by atoms with E-state index in [1.807, 2.05) is 0 Å². The van der Waals surface area contributed by atoms with Crippen LogP contribution >= 0.6 is 0 Å². The topological polar surface area (TPSA) is 154 Å². The van der Waals surface area contributed by atoms with Crippen molar-refractivity contribution in [2.75, 3.05) is 19.0 Å². The first-order chi connectivity index (χ1) is 14.5. The van der Waals surface area contributed by atoms with E-state index in [0.717, 1.165) is 11.6 Å². The van der Waals surface area contributed by atoms with Gasteiger partial charge in [-0.1, -0.05) is 17.7 Å². The predicted molar refractivity (Wildman–Crippen MR) is 110 cm³/mol. The molecule has 0 radical (unpaired) electrons. The van der Waals surface area contributed by atoms with E-state index < -0.39 is 39.5 Å². The highest BCUT2D eigenvalue weighted by Crippen LogP contribution is 2.29. The molecule has 0 aromatic heterocycles. The Bertz CT molecular complexity index is 1080. The highest BCUT2D eigenvalue weighted by molar-refractivity contribution is 7.89. The smallest absolute Gasteiger partial charge is 0.321 e. The van der Waals surface area contributed by atoms with E-state index in [4.69, 9.17) is 9.47 Å². The first kappa shape index (κ1) is 23.8. The molecule has 2 rings (SSSR count). The summed E-state index contributed by atoms with van der Waals surface area (Å²) < 4.78 is 36.5. The Morgan fingerprint density at radius 1 is 1.16 bits per heavy atom. The average molecular weight is 451 g/mol. The van der Waals surface area contributed by atoms with Crippen molar-refractivity contribution >= 4 is 33.3 Å². The fraction of sp³-hybridized carbons (Fsp3) is 0.263. The lowest BCUT2D eigenvalue weighted by molar-refractivity contribution is -0.384. The lowest BCUT2D eigenvalue weighted by Gasteiger charge is -2.15. The highest BCUT2D eigenvalue weighted by Gasteiger charge is 2.22. The molecule has 2 aromatic carbocycles. The van der Waals surface area contributed by atoms with E-state index in [1.165, 1.54) is 38.3 Å². The molecule has 31 heavy (non-hydrogen) atoms. The molecule has 0 fully saturated rings. The van der Waals surface area contributed by atoms with Crippen LogP contribution < -0.4 is 14.8 Å². The van der Waals surface area contributed by atoms with Crippen LogP contribution in [0.1, 0.15) is 12.5 Å². The Labute approximate surface area is 178 Å². The number of methoxy groups -OCH3 is 1. The number of anilines is 1. The Morgan fingerprint density at radius 2 is 1.81 bits per heavy atom. The van der Waals surface area contributed by atoms with Crippen molar-refractivity contribution in [1.82, 2.24) is 4.72 Å². The molecule has 0 bridgehead atoms. The summed E-state index contributed by atoms with van der Waals surface area (Å²) in [6.45, 7) is 2.39. The summed E-state index contributed by atoms with van der Waals surface area (Å²) in [6, 6.07) is 9.63. The van der Waals surface area contributed by atoms with Crippen molar-refractivity contribution in [3.63, 3.8) is 0 Å². The van der Waals surface area contributed by atoms with E-state index in [9.17, 15) is 28.1 Å². The van der Waals surface area contributed by atoms with Crippen molar-refractivity contribution in [2.24, 2.45) is 0 Å². The second-order valence-electron chi connectivity index (χ2n) is 6.40. The fourth-order valence-corrected chi connectivity index (χ4v) is 3.36. The molecule has 0 aliphatic heterocycles. The van der Waals surface area contributed by atoms with Crippen molar-refractivity contribution in [3.8, 4) is 5.75 Å². The third kappa shape index (κ3) is 6.49. The number of rotatable bonds is 9. The third-order valence-electron chi connectivity index (χ3n) is 4.07. The number of esters is 1. The minimum Gasteiger partial charge on any atom is -0.495 e. The maximum Gasteiger partial charge on any atom is 0.321 e. The van der Waals surface area contributed by atoms with Crippen LogP contribution in [0.4, 0.5) is 11.4 Å². The third-order valence-corrected chi connectivity index (χ3v) is 5.48. The Balaban J connectivity index is 1.97. The number of benzene rings is 2. The number of nitro benzene ring substituents is 1. The maximum atomic E-state index is 12.3. The summed E-state index contributed by atoms with van der Waals surface area (Å²) >= 11 is 0. The number of hydrogen-bond donors (Lipinski definition) is 2. The molecule has 2 N–H and O–H groups in total. The first-order valence-corrected chi connectivity index (χ1v) is 10.4. The van der Waals surface area contributed by atoms with E-state index >= 15 is 0 Å². The summed E-state index contributed by atoms with van der Waals surface area (Å²) in [6.07, 6.45) is -1.31. The Hall–Kier alpha value is -3.51. The number of aryl methyl sites for hydroxylation is 1. The first-order valence-electron chi connectivity index (χ1n) is 8.92. The van der Waals surface area contributed by atoms with Gasteiger partial charge in [0.15, 0.2) is 6.10 Å². The standard InChI is InChI=1S/C19H21N3O8S/c1-12-4-7-15(8-5-12)31(27,28)20-11-18(23)30-13(2)19(24)21-16-10-14(22(25)26)6-9-17(16)29-3/h4-10,13,20H,11H2,1-3H3,(H,21,24)/t13-/m0/s1. The van der Waals surface area contributed by atoms with Crippen molar-refractivity contribution in [3.05, 3.63) is 58.1 Å². The van der Waals surface area contributed by atoms with Gasteiger partial charge in [0.2, 0.25) is 10.0 Å². The molecule has 0 heterocycles. The lowest BCUT2D eigenvalue weighted by Crippen LogP contribution is -2.35. The zero-order valence-electron chi connectivity index (χ0n) is 16.9. The van der Waals surface area contributed by atoms with Gasteiger partial charge in [0.05, 0.1) is 22.6 Å². The second-order valence-corrected chi connectivity index (χ2v) is 8.17. The lowest BCUT2D eigenvalue weighted by atomic mass is 10.2. The summed E-state index contributed by atoms with van der Waals surface area (Å²) in [4.78, 5) is 34.5. The van der Waals surface area contributed by atoms with Gasteiger partial charge in [0.25, 0.3) is 11.6 Å². The zero-order chi connectivity index (χ0) is 23.2. The van der Waals surface area contributed by atoms with Gasteiger partial charge in [-0.2, -0.15) is 4.72 Å². The number of non-ortho nitro benzene ring substituents is 1. The molecule has 2 aromatic rings. The molecule has 1 amide bonds. The molecule has 11 nitrogen and oxygen atoms in total. The highest BCUT2D eigenvalue weighted by atomic mass is 32.2. The Morgan fingerprint density at radius 3 is 2.39 bits per heavy atom. The average Bonchev–Trinajstić information content (AvgIpc) is 2.72. The molecule has 166 valence electrons. The van der Waals surface area contributed by atoms with Gasteiger partial charge in [-0.05, 0) is 32.0 Å². The van der Waals surface area contributed by atoms with Gasteiger partial charge in [-0.25, -0.2) is 8.42 Å². The predicted octanol–water partition coefficient (Wildman–Crippen LogP) is 1.76. The van der Waals surface area contributed by atoms with Crippen LogP contribution in [0.5, 0.6) is 5.75 Å². The number of nitro groups is 1. The van der Waals surface area contributed by atoms with Crippen LogP contribution in [0.15, 0.2) is 47.4 Å². The minimum absolute atomic E-state index is 0.0182. The molecule has 0 saturated heterocycles. The normalized spacial score (nSPS) is 12.0. The number of hydrogen-bond acceptors (Lipinski definition) is 8. The van der Waals surface area contributed by atoms with E-state index in [2.05, 4.69) is 10.0 Å². The van der Waals surface area contributed by atoms with Crippen LogP contribution in [-0.2, 0) is 24.3 Å². The summed E-state index contributed by atoms with van der Waals surface area (Å²) in [5.41, 5.74) is 0.620. The molecule has 0 spiro atoms. The molecule has 0 unspecified atom stereocenters. The SMILES string of the molecule is COc1ccc([N+](=O)[O-])cc1NC(=O)[C@H](C)OC(=O)CNS(=O)(=O)c1ccc(C)cc1. The largest absolute Gasteiger partial charge is 0.495 e. The molecule has 0 aliphatic carbocycles. The van der Waals surface area contributed by atoms with Gasteiger partial charge in [0, 0.05) is 12.1 Å². The molecule has 0 saturated carbocycles. The van der Waals surface area contributed by atoms with Gasteiger partial charge >= 0.3 is 5.97 Å². The number of sulfonamides is 1. The van der Waals surface area contributed by atoms with Crippen molar-refractivity contribution < 1.29 is 32.4 Å². The fourth-order valence-electron chi connectivity index (χ4n) is 2.39. The molecule has 1 atom stereocenters. The zero-order valence-corrected chi connectivity index (χ0v) is 17.8. The number of nitrogens with zero attached hydrogens (tertiary/aromatic N) is 1. The van der Waals surface area contributed by atoms with E-state index in [1.54, 1.807) is 19.1 Å². The van der Waals surface area contributed by atoms with Crippen LogP contribution in [0.2, 0.25) is 0 Å². The summed E-state index contributed by atoms with van der Waals surface area (Å²) in [5.74, 6) is -1.60. The van der Waals surface area contributed by atoms with Crippen LogP contribution in [0.3, 0.4) is 0 Å². The molecular formula is C19H21N3O8S. The van der Waals surface area contributed by atoms with E-state index in [-0.39, 0.29) is 22.0 Å². The van der Waals surface area contributed by atoms with Gasteiger partial charge in [0.1, 0.15) is 12.3 Å². The minimum atomic E-state index is -3.93. The van der Waals surface area contributed by atoms with Crippen LogP contribution in [0.25, 0.3) is 0 Å². The number of carbonyl (C=O) groups excluding carboxylic acids is 2. The monoisotopic (exact) mass is 451 g/mol. The summed E-state index contributed by atoms with van der Waals surface area (Å²) in [7, 11) is -2.61. The van der Waals surface area contributed by atoms with Gasteiger partial charge in [-0.3, -0.25) is 19.7 Å². The van der Waals surface area contributed by atoms with Gasteiger partial charge < -0.3 is 14.8 Å². The van der Waals surface area contributed by atoms with Crippen molar-refractivity contribution in [1.29, 1.82) is 0 Å².